The highest BCUT2D eigenvalue weighted by Gasteiger charge is 2.22. The van der Waals surface area contributed by atoms with Gasteiger partial charge in [-0.25, -0.2) is 0 Å². The molecule has 0 fully saturated rings. The van der Waals surface area contributed by atoms with Gasteiger partial charge < -0.3 is 16.3 Å². The van der Waals surface area contributed by atoms with E-state index >= 15 is 0 Å². The Kier molecular flexibility index (Phi) is 5.36. The predicted molar refractivity (Wildman–Crippen MR) is 76.4 cm³/mol. The van der Waals surface area contributed by atoms with E-state index in [1.54, 1.807) is 0 Å². The number of nitrogens with two attached hydrogens (primary N) is 1. The summed E-state index contributed by atoms with van der Waals surface area (Å²) in [6, 6.07) is 5.84. The molecule has 5 nitrogen and oxygen atoms in total. The van der Waals surface area contributed by atoms with E-state index in [0.717, 1.165) is 23.2 Å². The van der Waals surface area contributed by atoms with Gasteiger partial charge in [0.25, 0.3) is 0 Å². The van der Waals surface area contributed by atoms with Crippen LogP contribution in [-0.2, 0) is 4.79 Å². The quantitative estimate of drug-likeness (QED) is 0.330. The highest BCUT2D eigenvalue weighted by Crippen LogP contribution is 2.18. The summed E-state index contributed by atoms with van der Waals surface area (Å²) < 4.78 is 0. The molecule has 1 unspecified atom stereocenters. The Morgan fingerprint density at radius 2 is 2.16 bits per heavy atom. The number of nitrogens with one attached hydrogen (secondary N) is 1. The molecule has 0 bridgehead atoms. The topological polar surface area (TPSA) is 87.7 Å². The summed E-state index contributed by atoms with van der Waals surface area (Å²) in [7, 11) is 0. The van der Waals surface area contributed by atoms with Gasteiger partial charge in [-0.05, 0) is 37.5 Å². The van der Waals surface area contributed by atoms with E-state index in [2.05, 4.69) is 10.5 Å². The van der Waals surface area contributed by atoms with Crippen LogP contribution in [0.25, 0.3) is 0 Å². The van der Waals surface area contributed by atoms with Crippen molar-refractivity contribution in [1.82, 2.24) is 0 Å². The molecule has 0 aliphatic heterocycles. The fourth-order valence-corrected chi connectivity index (χ4v) is 1.86. The zero-order valence-corrected chi connectivity index (χ0v) is 11.6. The summed E-state index contributed by atoms with van der Waals surface area (Å²) in [4.78, 5) is 12.2. The smallest absolute Gasteiger partial charge is 0.235 e. The highest BCUT2D eigenvalue weighted by atomic mass is 16.4. The molecule has 4 N–H and O–H groups in total. The van der Waals surface area contributed by atoms with Crippen LogP contribution < -0.4 is 11.1 Å². The Balaban J connectivity index is 2.90. The molecule has 0 radical (unpaired) electrons. The maximum atomic E-state index is 12.2. The summed E-state index contributed by atoms with van der Waals surface area (Å²) >= 11 is 0. The van der Waals surface area contributed by atoms with Crippen molar-refractivity contribution in [2.45, 2.75) is 33.6 Å². The van der Waals surface area contributed by atoms with Crippen LogP contribution in [0.2, 0.25) is 0 Å². The molecule has 1 rings (SSSR count). The van der Waals surface area contributed by atoms with E-state index in [0.29, 0.717) is 6.42 Å². The number of aryl methyl sites for hydroxylation is 2. The van der Waals surface area contributed by atoms with Gasteiger partial charge in [-0.2, -0.15) is 0 Å². The summed E-state index contributed by atoms with van der Waals surface area (Å²) in [6.07, 6.45) is 1.33. The Morgan fingerprint density at radius 3 is 2.74 bits per heavy atom. The predicted octanol–water partition coefficient (Wildman–Crippen LogP) is 2.40. The van der Waals surface area contributed by atoms with Crippen LogP contribution in [0, 0.1) is 19.8 Å². The number of oxime groups is 1. The third kappa shape index (κ3) is 3.98. The Bertz CT molecular complexity index is 484. The number of carbonyl (C=O) groups is 1. The van der Waals surface area contributed by atoms with Crippen molar-refractivity contribution < 1.29 is 10.0 Å². The molecule has 1 atom stereocenters. The summed E-state index contributed by atoms with van der Waals surface area (Å²) in [5.74, 6) is -0.898. The van der Waals surface area contributed by atoms with Crippen LogP contribution in [0.4, 0.5) is 5.69 Å². The van der Waals surface area contributed by atoms with Crippen LogP contribution in [0.5, 0.6) is 0 Å². The van der Waals surface area contributed by atoms with Gasteiger partial charge in [0.1, 0.15) is 0 Å². The number of anilines is 1. The standard InChI is InChI=1S/C14H21N3O2/c1-4-5-11(13(15)17-19)14(18)16-12-8-9(2)6-7-10(12)3/h6-8,11,19H,4-5H2,1-3H3,(H2,15,17)(H,16,18). The minimum absolute atomic E-state index is 0.0512. The molecule has 0 aliphatic rings. The summed E-state index contributed by atoms with van der Waals surface area (Å²) in [6.45, 7) is 5.83. The number of nitrogens with zero attached hydrogens (tertiary/aromatic N) is 1. The molecule has 0 heterocycles. The first-order valence-corrected chi connectivity index (χ1v) is 6.35. The van der Waals surface area contributed by atoms with E-state index in [-0.39, 0.29) is 11.7 Å². The summed E-state index contributed by atoms with van der Waals surface area (Å²) in [5.41, 5.74) is 8.37. The van der Waals surface area contributed by atoms with Crippen molar-refractivity contribution in [3.63, 3.8) is 0 Å². The fraction of sp³-hybridized carbons (Fsp3) is 0.429. The van der Waals surface area contributed by atoms with Gasteiger partial charge in [0.2, 0.25) is 5.91 Å². The Morgan fingerprint density at radius 1 is 1.47 bits per heavy atom. The molecule has 0 aliphatic carbocycles. The monoisotopic (exact) mass is 263 g/mol. The lowest BCUT2D eigenvalue weighted by Crippen LogP contribution is -2.34. The van der Waals surface area contributed by atoms with E-state index in [1.165, 1.54) is 0 Å². The second-order valence-electron chi connectivity index (χ2n) is 4.67. The van der Waals surface area contributed by atoms with Crippen LogP contribution in [-0.4, -0.2) is 17.0 Å². The average Bonchev–Trinajstić information content (AvgIpc) is 2.39. The molecule has 19 heavy (non-hydrogen) atoms. The van der Waals surface area contributed by atoms with Crippen molar-refractivity contribution >= 4 is 17.4 Å². The third-order valence-corrected chi connectivity index (χ3v) is 3.02. The highest BCUT2D eigenvalue weighted by molar-refractivity contribution is 6.07. The zero-order valence-electron chi connectivity index (χ0n) is 11.6. The minimum Gasteiger partial charge on any atom is -0.409 e. The second-order valence-corrected chi connectivity index (χ2v) is 4.67. The second kappa shape index (κ2) is 6.78. The molecular formula is C14H21N3O2. The SMILES string of the molecule is CCCC(C(=O)Nc1cc(C)ccc1C)C(N)=NO. The van der Waals surface area contributed by atoms with Gasteiger partial charge in [0.15, 0.2) is 5.84 Å². The normalized spacial score (nSPS) is 13.1. The van der Waals surface area contributed by atoms with E-state index in [9.17, 15) is 4.79 Å². The lowest BCUT2D eigenvalue weighted by molar-refractivity contribution is -0.118. The number of benzene rings is 1. The molecule has 5 heteroatoms. The number of amidine groups is 1. The summed E-state index contributed by atoms with van der Waals surface area (Å²) in [5, 5.41) is 14.5. The molecule has 0 saturated carbocycles. The fourth-order valence-electron chi connectivity index (χ4n) is 1.86. The van der Waals surface area contributed by atoms with E-state index < -0.39 is 5.92 Å². The molecule has 1 aromatic carbocycles. The molecular weight excluding hydrogens is 242 g/mol. The van der Waals surface area contributed by atoms with Crippen molar-refractivity contribution in [2.75, 3.05) is 5.32 Å². The van der Waals surface area contributed by atoms with Gasteiger partial charge in [-0.3, -0.25) is 4.79 Å². The van der Waals surface area contributed by atoms with Crippen LogP contribution in [0.15, 0.2) is 23.4 Å². The number of rotatable bonds is 5. The largest absolute Gasteiger partial charge is 0.409 e. The number of carbonyl (C=O) groups excluding carboxylic acids is 1. The molecule has 104 valence electrons. The number of amides is 1. The van der Waals surface area contributed by atoms with Crippen molar-refractivity contribution in [3.05, 3.63) is 29.3 Å². The zero-order chi connectivity index (χ0) is 14.4. The molecule has 0 aromatic heterocycles. The van der Waals surface area contributed by atoms with Gasteiger partial charge in [0, 0.05) is 5.69 Å². The molecule has 1 aromatic rings. The van der Waals surface area contributed by atoms with Crippen molar-refractivity contribution in [3.8, 4) is 0 Å². The third-order valence-electron chi connectivity index (χ3n) is 3.02. The van der Waals surface area contributed by atoms with Gasteiger partial charge in [0.05, 0.1) is 5.92 Å². The van der Waals surface area contributed by atoms with E-state index in [4.69, 9.17) is 10.9 Å². The maximum Gasteiger partial charge on any atom is 0.235 e. The van der Waals surface area contributed by atoms with Crippen LogP contribution in [0.3, 0.4) is 0 Å². The first kappa shape index (κ1) is 15.0. The van der Waals surface area contributed by atoms with Crippen molar-refractivity contribution in [2.24, 2.45) is 16.8 Å². The molecule has 1 amide bonds. The van der Waals surface area contributed by atoms with Gasteiger partial charge in [-0.1, -0.05) is 30.6 Å². The van der Waals surface area contributed by atoms with Crippen LogP contribution >= 0.6 is 0 Å². The molecule has 0 spiro atoms. The van der Waals surface area contributed by atoms with E-state index in [1.807, 2.05) is 39.0 Å². The Labute approximate surface area is 113 Å². The van der Waals surface area contributed by atoms with Gasteiger partial charge >= 0.3 is 0 Å². The first-order valence-electron chi connectivity index (χ1n) is 6.35. The molecule has 0 saturated heterocycles. The van der Waals surface area contributed by atoms with Crippen LogP contribution in [0.1, 0.15) is 30.9 Å². The number of hydrogen-bond donors (Lipinski definition) is 3. The lowest BCUT2D eigenvalue weighted by Gasteiger charge is -2.16. The maximum absolute atomic E-state index is 12.2. The number of hydrogen-bond acceptors (Lipinski definition) is 3. The lowest BCUT2D eigenvalue weighted by atomic mass is 10.0. The minimum atomic E-state index is -0.602. The van der Waals surface area contributed by atoms with Crippen molar-refractivity contribution in [1.29, 1.82) is 0 Å². The first-order chi connectivity index (χ1) is 8.99. The van der Waals surface area contributed by atoms with Gasteiger partial charge in [-0.15, -0.1) is 0 Å². The Hall–Kier alpha value is -2.04. The average molecular weight is 263 g/mol.